The smallest absolute Gasteiger partial charge is 0.450 e. The van der Waals surface area contributed by atoms with Crippen LogP contribution in [0.15, 0.2) is 0 Å². The number of methoxy groups -OCH3 is 1. The van der Waals surface area contributed by atoms with E-state index in [1.54, 1.807) is 34.9 Å². The Bertz CT molecular complexity index is 2060. The van der Waals surface area contributed by atoms with Crippen molar-refractivity contribution in [3.8, 4) is 0 Å². The lowest BCUT2D eigenvalue weighted by atomic mass is 9.62. The lowest BCUT2D eigenvalue weighted by molar-refractivity contribution is -0.298. The van der Waals surface area contributed by atoms with E-state index in [0.717, 1.165) is 24.2 Å². The van der Waals surface area contributed by atoms with Gasteiger partial charge in [-0.2, -0.15) is 22.0 Å². The number of imide groups is 1. The van der Waals surface area contributed by atoms with Crippen LogP contribution in [0.2, 0.25) is 0 Å². The summed E-state index contributed by atoms with van der Waals surface area (Å²) in [4.78, 5) is 80.1. The third-order valence-electron chi connectivity index (χ3n) is 14.6. The van der Waals surface area contributed by atoms with Gasteiger partial charge in [0.25, 0.3) is 5.91 Å². The molecule has 0 aromatic rings. The zero-order valence-electron chi connectivity index (χ0n) is 48.5. The van der Waals surface area contributed by atoms with E-state index in [2.05, 4.69) is 58.0 Å². The van der Waals surface area contributed by atoms with Gasteiger partial charge in [0.15, 0.2) is 0 Å². The standard InChI is InChI=1S/C53H90BrF5N6O13/c1-36(66)61-37-19-44(2,3)23-47(8,21-37)26-60-41(69)76-17-15-16-18-77-43(71)64(13)51(12)22-38(20-45(4,5)24-51)62-42(70)78-34-50(11,33-75-35-52(55,56)53(57,58)59)32-74-31-49(10,30-73-29-48(9,25-54)28-72-14)27-65-39(67)46(6,7)63-40(65)68/h37-38H,15-35H2,1-14H3,(H,60,69)(H,61,66)(H,62,70)(H,63,68). The molecule has 3 fully saturated rings. The van der Waals surface area contributed by atoms with Gasteiger partial charge in [-0.25, -0.2) is 19.2 Å². The Morgan fingerprint density at radius 1 is 0.692 bits per heavy atom. The Labute approximate surface area is 466 Å². The number of nitrogens with one attached hydrogen (secondary N) is 4. The quantitative estimate of drug-likeness (QED) is 0.0181. The van der Waals surface area contributed by atoms with Crippen LogP contribution >= 0.6 is 15.9 Å². The second kappa shape index (κ2) is 27.3. The van der Waals surface area contributed by atoms with Crippen LogP contribution in [0.5, 0.6) is 0 Å². The number of nitrogens with zero attached hydrogens (tertiary/aromatic N) is 2. The number of hydrogen-bond acceptors (Lipinski definition) is 13. The molecule has 0 radical (unpaired) electrons. The molecule has 25 heteroatoms. The average molecular weight is 1190 g/mol. The zero-order chi connectivity index (χ0) is 59.4. The van der Waals surface area contributed by atoms with Gasteiger partial charge in [0, 0.05) is 73.4 Å². The fraction of sp³-hybridized carbons (Fsp3) is 0.887. The van der Waals surface area contributed by atoms with Crippen LogP contribution < -0.4 is 21.3 Å². The predicted octanol–water partition coefficient (Wildman–Crippen LogP) is 8.98. The molecule has 7 unspecified atom stereocenters. The van der Waals surface area contributed by atoms with Crippen molar-refractivity contribution in [1.82, 2.24) is 31.1 Å². The molecule has 2 aliphatic carbocycles. The van der Waals surface area contributed by atoms with Gasteiger partial charge in [0.05, 0.1) is 52.9 Å². The summed E-state index contributed by atoms with van der Waals surface area (Å²) >= 11 is 3.48. The van der Waals surface area contributed by atoms with Gasteiger partial charge in [0.2, 0.25) is 5.91 Å². The van der Waals surface area contributed by atoms with E-state index in [1.807, 2.05) is 27.7 Å². The number of alkyl halides is 6. The molecule has 1 saturated heterocycles. The third kappa shape index (κ3) is 21.3. The first kappa shape index (κ1) is 68.5. The summed E-state index contributed by atoms with van der Waals surface area (Å²) in [7, 11) is 3.15. The van der Waals surface area contributed by atoms with Crippen molar-refractivity contribution >= 4 is 52.1 Å². The van der Waals surface area contributed by atoms with Crippen LogP contribution in [-0.2, 0) is 42.7 Å². The van der Waals surface area contributed by atoms with Crippen molar-refractivity contribution in [1.29, 1.82) is 0 Å². The summed E-state index contributed by atoms with van der Waals surface area (Å²) in [5.41, 5.74) is -5.78. The number of rotatable bonds is 29. The van der Waals surface area contributed by atoms with Gasteiger partial charge in [-0.15, -0.1) is 0 Å². The predicted molar refractivity (Wildman–Crippen MR) is 283 cm³/mol. The first-order chi connectivity index (χ1) is 35.6. The monoisotopic (exact) mass is 1190 g/mol. The Balaban J connectivity index is 1.62. The first-order valence-corrected chi connectivity index (χ1v) is 27.7. The highest BCUT2D eigenvalue weighted by molar-refractivity contribution is 9.09. The van der Waals surface area contributed by atoms with E-state index in [0.29, 0.717) is 44.2 Å². The van der Waals surface area contributed by atoms with Crippen molar-refractivity contribution in [3.05, 3.63) is 0 Å². The van der Waals surface area contributed by atoms with E-state index in [-0.39, 0.29) is 68.8 Å². The topological polar surface area (TPSA) is 222 Å². The molecular formula is C53H90BrF5N6O13. The zero-order valence-corrected chi connectivity index (χ0v) is 50.1. The number of hydrogen-bond donors (Lipinski definition) is 4. The molecule has 0 spiro atoms. The Hall–Kier alpha value is -3.81. The lowest BCUT2D eigenvalue weighted by Crippen LogP contribution is -2.58. The number of urea groups is 1. The van der Waals surface area contributed by atoms with E-state index >= 15 is 0 Å². The minimum atomic E-state index is -5.89. The number of carbonyl (C=O) groups excluding carboxylic acids is 6. The lowest BCUT2D eigenvalue weighted by Gasteiger charge is -2.50. The second-order valence-corrected chi connectivity index (χ2v) is 26.7. The van der Waals surface area contributed by atoms with E-state index < -0.39 is 108 Å². The molecule has 1 aliphatic heterocycles. The van der Waals surface area contributed by atoms with Gasteiger partial charge in [-0.05, 0) is 88.4 Å². The summed E-state index contributed by atoms with van der Waals surface area (Å²) in [5.74, 6) is -5.77. The van der Waals surface area contributed by atoms with Gasteiger partial charge >= 0.3 is 36.4 Å². The first-order valence-electron chi connectivity index (χ1n) is 26.5. The van der Waals surface area contributed by atoms with E-state index in [9.17, 15) is 50.7 Å². The molecule has 0 aromatic heterocycles. The number of amides is 7. The van der Waals surface area contributed by atoms with Crippen LogP contribution in [0.4, 0.5) is 41.1 Å². The highest BCUT2D eigenvalue weighted by atomic mass is 79.9. The molecule has 0 bridgehead atoms. The maximum Gasteiger partial charge on any atom is 0.455 e. The molecule has 78 heavy (non-hydrogen) atoms. The molecule has 1 heterocycles. The Morgan fingerprint density at radius 2 is 1.22 bits per heavy atom. The number of unbranched alkanes of at least 4 members (excludes halogenated alkanes) is 1. The highest BCUT2D eigenvalue weighted by Gasteiger charge is 2.58. The van der Waals surface area contributed by atoms with Crippen LogP contribution in [-0.4, -0.2) is 180 Å². The Kier molecular flexibility index (Phi) is 24.0. The maximum absolute atomic E-state index is 14.0. The van der Waals surface area contributed by atoms with Crippen molar-refractivity contribution in [2.24, 2.45) is 32.5 Å². The van der Waals surface area contributed by atoms with Crippen LogP contribution in [0.3, 0.4) is 0 Å². The van der Waals surface area contributed by atoms with Crippen LogP contribution in [0.1, 0.15) is 134 Å². The Morgan fingerprint density at radius 3 is 1.74 bits per heavy atom. The van der Waals surface area contributed by atoms with Gasteiger partial charge < -0.3 is 59.3 Å². The molecule has 3 aliphatic rings. The van der Waals surface area contributed by atoms with E-state index in [4.69, 9.17) is 33.2 Å². The summed E-state index contributed by atoms with van der Waals surface area (Å²) < 4.78 is 107. The molecule has 7 amide bonds. The number of ether oxygens (including phenoxy) is 7. The van der Waals surface area contributed by atoms with Crippen molar-refractivity contribution in [2.45, 2.75) is 170 Å². The minimum Gasteiger partial charge on any atom is -0.450 e. The summed E-state index contributed by atoms with van der Waals surface area (Å²) in [5, 5.41) is 11.9. The summed E-state index contributed by atoms with van der Waals surface area (Å²) in [6.07, 6.45) is -3.44. The number of carbonyl (C=O) groups is 6. The number of halogens is 6. The third-order valence-corrected chi connectivity index (χ3v) is 15.9. The van der Waals surface area contributed by atoms with Crippen molar-refractivity contribution in [3.63, 3.8) is 0 Å². The SMILES string of the molecule is COCC(C)(CBr)COCC(C)(COCC(C)(COCC(F)(F)C(F)(F)F)COC(=O)NC1CC(C)(C)CC(C)(N(C)C(=O)OCCCCOC(=O)NCC2(C)CC(NC(C)=O)CC(C)(C)C2)C1)CN1C(=O)NC(C)(C)C1=O. The fourth-order valence-electron chi connectivity index (χ4n) is 11.3. The minimum absolute atomic E-state index is 0.0106. The van der Waals surface area contributed by atoms with Crippen molar-refractivity contribution < 1.29 is 83.9 Å². The molecule has 2 saturated carbocycles. The largest absolute Gasteiger partial charge is 0.455 e. The molecule has 3 rings (SSSR count). The van der Waals surface area contributed by atoms with Gasteiger partial charge in [0.1, 0.15) is 18.8 Å². The van der Waals surface area contributed by atoms with Crippen LogP contribution in [0.25, 0.3) is 0 Å². The molecule has 19 nitrogen and oxygen atoms in total. The second-order valence-electron chi connectivity index (χ2n) is 26.1. The molecule has 452 valence electrons. The average Bonchev–Trinajstić information content (AvgIpc) is 3.47. The summed E-state index contributed by atoms with van der Waals surface area (Å²) in [6, 6.07) is -1.18. The highest BCUT2D eigenvalue weighted by Crippen LogP contribution is 2.46. The molecule has 7 atom stereocenters. The summed E-state index contributed by atoms with van der Waals surface area (Å²) in [6.45, 7) is 18.7. The number of alkyl carbamates (subject to hydrolysis) is 2. The van der Waals surface area contributed by atoms with Gasteiger partial charge in [-0.3, -0.25) is 14.5 Å². The fourth-order valence-corrected chi connectivity index (χ4v) is 11.6. The molecular weight excluding hydrogens is 1100 g/mol. The van der Waals surface area contributed by atoms with Crippen molar-refractivity contribution in [2.75, 3.05) is 98.6 Å². The van der Waals surface area contributed by atoms with E-state index in [1.165, 1.54) is 18.7 Å². The maximum atomic E-state index is 14.0. The molecule has 0 aromatic carbocycles. The normalized spacial score (nSPS) is 25.4. The molecule has 4 N–H and O–H groups in total. The van der Waals surface area contributed by atoms with Crippen LogP contribution in [0, 0.1) is 32.5 Å². The van der Waals surface area contributed by atoms with Gasteiger partial charge in [-0.1, -0.05) is 71.3 Å².